The van der Waals surface area contributed by atoms with Gasteiger partial charge in [0.25, 0.3) is 5.91 Å². The summed E-state index contributed by atoms with van der Waals surface area (Å²) < 4.78 is 68.8. The van der Waals surface area contributed by atoms with Crippen LogP contribution in [0.3, 0.4) is 0 Å². The van der Waals surface area contributed by atoms with Gasteiger partial charge in [0.1, 0.15) is 11.4 Å². The Morgan fingerprint density at radius 3 is 2.22 bits per heavy atom. The Kier molecular flexibility index (Phi) is 10.5. The molecule has 0 bridgehead atoms. The molecule has 1 amide bonds. The van der Waals surface area contributed by atoms with Crippen LogP contribution in [0.5, 0.6) is 11.5 Å². The average Bonchev–Trinajstić information content (AvgIpc) is 3.46. The second kappa shape index (κ2) is 14.8. The predicted molar refractivity (Wildman–Crippen MR) is 177 cm³/mol. The highest BCUT2D eigenvalue weighted by Crippen LogP contribution is 2.42. The topological polar surface area (TPSA) is 103 Å². The summed E-state index contributed by atoms with van der Waals surface area (Å²) in [7, 11) is 2.76. The molecule has 0 saturated carbocycles. The monoisotopic (exact) mass is 677 g/mol. The van der Waals surface area contributed by atoms with E-state index in [9.17, 15) is 27.2 Å². The molecule has 1 heterocycles. The Labute approximate surface area is 280 Å². The quantitative estimate of drug-likeness (QED) is 0.121. The van der Waals surface area contributed by atoms with Gasteiger partial charge >= 0.3 is 12.1 Å². The number of fused-ring (bicyclic) bond motifs is 1. The van der Waals surface area contributed by atoms with E-state index in [2.05, 4.69) is 5.32 Å². The Balaban J connectivity index is 1.68. The van der Waals surface area contributed by atoms with E-state index in [1.165, 1.54) is 32.4 Å². The van der Waals surface area contributed by atoms with Gasteiger partial charge in [0.15, 0.2) is 11.6 Å². The molecular weight excluding hydrogens is 642 g/mol. The zero-order valence-corrected chi connectivity index (χ0v) is 27.1. The molecule has 12 heteroatoms. The van der Waals surface area contributed by atoms with E-state index >= 15 is 0 Å². The Bertz CT molecular complexity index is 1970. The molecule has 256 valence electrons. The van der Waals surface area contributed by atoms with Gasteiger partial charge in [-0.25, -0.2) is 4.39 Å². The lowest BCUT2D eigenvalue weighted by Crippen LogP contribution is -2.26. The molecule has 1 aromatic heterocycles. The third-order valence-electron chi connectivity index (χ3n) is 8.28. The van der Waals surface area contributed by atoms with Crippen molar-refractivity contribution in [3.05, 3.63) is 101 Å². The first-order chi connectivity index (χ1) is 23.4. The van der Waals surface area contributed by atoms with Gasteiger partial charge in [-0.05, 0) is 77.7 Å². The number of nitrogens with zero attached hydrogens (tertiary/aromatic N) is 2. The molecule has 0 saturated heterocycles. The number of carboxylic acids is 1. The molecule has 5 aromatic rings. The number of carboxylic acid groups (broad SMARTS) is 1. The van der Waals surface area contributed by atoms with E-state index < -0.39 is 35.5 Å². The number of hydrogen-bond acceptors (Lipinski definition) is 5. The molecule has 0 aliphatic carbocycles. The summed E-state index contributed by atoms with van der Waals surface area (Å²) in [5.41, 5.74) is 2.54. The zero-order chi connectivity index (χ0) is 35.3. The highest BCUT2D eigenvalue weighted by Gasteiger charge is 2.32. The first-order valence-corrected chi connectivity index (χ1v) is 15.7. The minimum atomic E-state index is -4.60. The summed E-state index contributed by atoms with van der Waals surface area (Å²) in [6.07, 6.45) is -2.56. The first kappa shape index (κ1) is 34.9. The fraction of sp³-hybridized carbons (Fsp3) is 0.270. The smallest absolute Gasteiger partial charge is 0.416 e. The lowest BCUT2D eigenvalue weighted by Gasteiger charge is -2.20. The van der Waals surface area contributed by atoms with Crippen LogP contribution in [0.15, 0.2) is 78.9 Å². The van der Waals surface area contributed by atoms with Gasteiger partial charge in [-0.2, -0.15) is 18.3 Å². The number of carbonyl (C=O) groups is 2. The van der Waals surface area contributed by atoms with Gasteiger partial charge in [-0.1, -0.05) is 44.0 Å². The number of halogens is 4. The van der Waals surface area contributed by atoms with Gasteiger partial charge in [0.05, 0.1) is 37.8 Å². The predicted octanol–water partition coefficient (Wildman–Crippen LogP) is 8.53. The number of methoxy groups -OCH3 is 2. The molecule has 8 nitrogen and oxygen atoms in total. The number of alkyl halides is 3. The summed E-state index contributed by atoms with van der Waals surface area (Å²) in [6.45, 7) is 2.02. The number of aliphatic carboxylic acids is 1. The average molecular weight is 678 g/mol. The van der Waals surface area contributed by atoms with E-state index in [-0.39, 0.29) is 35.7 Å². The Morgan fingerprint density at radius 1 is 0.918 bits per heavy atom. The van der Waals surface area contributed by atoms with Crippen LogP contribution in [-0.2, 0) is 11.0 Å². The second-order valence-corrected chi connectivity index (χ2v) is 11.5. The van der Waals surface area contributed by atoms with Crippen molar-refractivity contribution in [2.75, 3.05) is 20.8 Å². The minimum Gasteiger partial charge on any atom is -0.496 e. The van der Waals surface area contributed by atoms with Gasteiger partial charge in [-0.15, -0.1) is 0 Å². The second-order valence-electron chi connectivity index (χ2n) is 11.5. The molecule has 5 rings (SSSR count). The van der Waals surface area contributed by atoms with Crippen molar-refractivity contribution in [3.63, 3.8) is 0 Å². The summed E-state index contributed by atoms with van der Waals surface area (Å²) in [5.74, 6) is -1.69. The highest BCUT2D eigenvalue weighted by atomic mass is 19.4. The van der Waals surface area contributed by atoms with Gasteiger partial charge < -0.3 is 19.9 Å². The van der Waals surface area contributed by atoms with Crippen molar-refractivity contribution in [3.8, 4) is 33.9 Å². The molecule has 0 aliphatic heterocycles. The van der Waals surface area contributed by atoms with Crippen LogP contribution in [0.1, 0.15) is 60.1 Å². The minimum absolute atomic E-state index is 0.0173. The van der Waals surface area contributed by atoms with Crippen LogP contribution >= 0.6 is 0 Å². The van der Waals surface area contributed by atoms with Gasteiger partial charge in [0.2, 0.25) is 0 Å². The summed E-state index contributed by atoms with van der Waals surface area (Å²) in [5, 5.41) is 17.0. The third kappa shape index (κ3) is 7.69. The van der Waals surface area contributed by atoms with E-state index in [1.807, 2.05) is 13.0 Å². The van der Waals surface area contributed by atoms with E-state index in [4.69, 9.17) is 19.7 Å². The van der Waals surface area contributed by atoms with Crippen molar-refractivity contribution in [1.29, 1.82) is 0 Å². The van der Waals surface area contributed by atoms with Crippen molar-refractivity contribution in [1.82, 2.24) is 15.1 Å². The Morgan fingerprint density at radius 2 is 1.59 bits per heavy atom. The summed E-state index contributed by atoms with van der Waals surface area (Å²) >= 11 is 0. The third-order valence-corrected chi connectivity index (χ3v) is 8.28. The van der Waals surface area contributed by atoms with Crippen LogP contribution in [0, 0.1) is 5.82 Å². The molecule has 1 atom stereocenters. The van der Waals surface area contributed by atoms with Crippen molar-refractivity contribution < 1.29 is 41.7 Å². The van der Waals surface area contributed by atoms with Crippen LogP contribution in [0.25, 0.3) is 33.3 Å². The number of benzene rings is 4. The number of rotatable bonds is 13. The maximum Gasteiger partial charge on any atom is 0.416 e. The number of hydrogen-bond donors (Lipinski definition) is 2. The SMILES string of the molecule is CCCCC(c1ccc(C(=O)NCCC(=O)O)cc1)n1nc(-c2cc(C(F)(F)F)ccc2OC)c2ccc(-c3ccc(OC)c(F)c3)cc21. The van der Waals surface area contributed by atoms with E-state index in [1.54, 1.807) is 47.1 Å². The molecule has 0 fully saturated rings. The molecule has 4 aromatic carbocycles. The zero-order valence-electron chi connectivity index (χ0n) is 27.1. The standard InChI is InChI=1S/C37H35F4N3O5/c1-4-5-6-30(22-7-9-23(10-8-22)36(47)42-18-17-34(45)46)44-31-20-25(24-12-15-33(49-3)29(38)19-24)11-14-27(31)35(43-44)28-21-26(37(39,40)41)13-16-32(28)48-2/h7-16,19-21,30H,4-6,17-18H2,1-3H3,(H,42,47)(H,45,46). The molecule has 2 N–H and O–H groups in total. The molecule has 49 heavy (non-hydrogen) atoms. The lowest BCUT2D eigenvalue weighted by atomic mass is 9.98. The number of aromatic nitrogens is 2. The fourth-order valence-electron chi connectivity index (χ4n) is 5.74. The number of ether oxygens (including phenoxy) is 2. The van der Waals surface area contributed by atoms with Crippen LogP contribution in [0.2, 0.25) is 0 Å². The number of nitrogens with one attached hydrogen (secondary N) is 1. The van der Waals surface area contributed by atoms with Crippen LogP contribution in [-0.4, -0.2) is 47.5 Å². The normalized spacial score (nSPS) is 12.1. The van der Waals surface area contributed by atoms with Crippen molar-refractivity contribution >= 4 is 22.8 Å². The van der Waals surface area contributed by atoms with E-state index in [0.29, 0.717) is 34.0 Å². The molecular formula is C37H35F4N3O5. The largest absolute Gasteiger partial charge is 0.496 e. The molecule has 0 spiro atoms. The fourth-order valence-corrected chi connectivity index (χ4v) is 5.74. The van der Waals surface area contributed by atoms with Crippen molar-refractivity contribution in [2.45, 2.75) is 44.8 Å². The van der Waals surface area contributed by atoms with Crippen LogP contribution < -0.4 is 14.8 Å². The Hall–Kier alpha value is -5.39. The molecule has 0 aliphatic rings. The van der Waals surface area contributed by atoms with Crippen LogP contribution in [0.4, 0.5) is 17.6 Å². The van der Waals surface area contributed by atoms with Gasteiger partial charge in [-0.3, -0.25) is 14.3 Å². The summed E-state index contributed by atoms with van der Waals surface area (Å²) in [6, 6.07) is 19.6. The highest BCUT2D eigenvalue weighted by molar-refractivity contribution is 5.97. The summed E-state index contributed by atoms with van der Waals surface area (Å²) in [4.78, 5) is 23.5. The lowest BCUT2D eigenvalue weighted by molar-refractivity contribution is -0.138. The van der Waals surface area contributed by atoms with Crippen molar-refractivity contribution in [2.24, 2.45) is 0 Å². The maximum absolute atomic E-state index is 14.8. The van der Waals surface area contributed by atoms with E-state index in [0.717, 1.165) is 30.5 Å². The first-order valence-electron chi connectivity index (χ1n) is 15.7. The molecule has 1 unspecified atom stereocenters. The molecule has 0 radical (unpaired) electrons. The number of carbonyl (C=O) groups excluding carboxylic acids is 1. The number of unbranched alkanes of at least 4 members (excludes halogenated alkanes) is 1. The maximum atomic E-state index is 14.8. The van der Waals surface area contributed by atoms with Gasteiger partial charge in [0, 0.05) is 23.1 Å². The number of amides is 1.